The van der Waals surface area contributed by atoms with Gasteiger partial charge in [-0.05, 0) is 23.8 Å². The van der Waals surface area contributed by atoms with Crippen molar-refractivity contribution >= 4 is 21.6 Å². The van der Waals surface area contributed by atoms with Crippen molar-refractivity contribution < 1.29 is 0 Å². The van der Waals surface area contributed by atoms with Crippen molar-refractivity contribution in [3.63, 3.8) is 0 Å². The van der Waals surface area contributed by atoms with Crippen LogP contribution in [-0.4, -0.2) is 9.97 Å². The molecule has 4 heteroatoms. The fraction of sp³-hybridized carbons (Fsp3) is 0. The van der Waals surface area contributed by atoms with Crippen LogP contribution in [0.4, 0.5) is 5.69 Å². The number of nitrogen functional groups attached to an aromatic ring is 1. The number of halogens is 1. The number of benzene rings is 2. The Labute approximate surface area is 125 Å². The van der Waals surface area contributed by atoms with Crippen LogP contribution in [0.1, 0.15) is 0 Å². The van der Waals surface area contributed by atoms with E-state index >= 15 is 0 Å². The maximum Gasteiger partial charge on any atom is 0.159 e. The lowest BCUT2D eigenvalue weighted by Crippen LogP contribution is -1.91. The van der Waals surface area contributed by atoms with Crippen LogP contribution in [0.3, 0.4) is 0 Å². The number of nitrogens with two attached hydrogens (primary N) is 1. The van der Waals surface area contributed by atoms with Gasteiger partial charge >= 0.3 is 0 Å². The fourth-order valence-electron chi connectivity index (χ4n) is 1.99. The summed E-state index contributed by atoms with van der Waals surface area (Å²) in [4.78, 5) is 8.84. The molecule has 0 amide bonds. The summed E-state index contributed by atoms with van der Waals surface area (Å²) in [6.45, 7) is 0. The molecule has 0 aliphatic heterocycles. The topological polar surface area (TPSA) is 51.8 Å². The van der Waals surface area contributed by atoms with Crippen molar-refractivity contribution in [2.45, 2.75) is 0 Å². The van der Waals surface area contributed by atoms with Crippen molar-refractivity contribution in [1.29, 1.82) is 0 Å². The zero-order valence-electron chi connectivity index (χ0n) is 10.6. The number of rotatable bonds is 2. The van der Waals surface area contributed by atoms with Gasteiger partial charge in [-0.15, -0.1) is 0 Å². The average Bonchev–Trinajstić information content (AvgIpc) is 2.48. The molecule has 3 aromatic rings. The van der Waals surface area contributed by atoms with E-state index in [9.17, 15) is 0 Å². The van der Waals surface area contributed by atoms with Gasteiger partial charge in [0.1, 0.15) is 0 Å². The maximum absolute atomic E-state index is 5.78. The lowest BCUT2D eigenvalue weighted by Gasteiger charge is -2.05. The second kappa shape index (κ2) is 5.43. The van der Waals surface area contributed by atoms with E-state index in [0.717, 1.165) is 21.2 Å². The first-order chi connectivity index (χ1) is 9.74. The van der Waals surface area contributed by atoms with E-state index in [1.165, 1.54) is 0 Å². The summed E-state index contributed by atoms with van der Waals surface area (Å²) < 4.78 is 1.03. The Bertz CT molecular complexity index is 739. The quantitative estimate of drug-likeness (QED) is 0.720. The van der Waals surface area contributed by atoms with E-state index < -0.39 is 0 Å². The van der Waals surface area contributed by atoms with Crippen molar-refractivity contribution in [1.82, 2.24) is 9.97 Å². The Balaban J connectivity index is 1.98. The molecule has 1 heterocycles. The van der Waals surface area contributed by atoms with E-state index in [2.05, 4.69) is 25.9 Å². The van der Waals surface area contributed by atoms with Gasteiger partial charge in [-0.3, -0.25) is 0 Å². The molecule has 20 heavy (non-hydrogen) atoms. The van der Waals surface area contributed by atoms with Gasteiger partial charge < -0.3 is 5.73 Å². The van der Waals surface area contributed by atoms with Gasteiger partial charge in [0, 0.05) is 33.7 Å². The molecule has 98 valence electrons. The zero-order chi connectivity index (χ0) is 13.9. The highest BCUT2D eigenvalue weighted by Gasteiger charge is 2.05. The third-order valence-corrected chi connectivity index (χ3v) is 3.67. The largest absolute Gasteiger partial charge is 0.399 e. The lowest BCUT2D eigenvalue weighted by atomic mass is 10.1. The average molecular weight is 326 g/mol. The van der Waals surface area contributed by atoms with Crippen molar-refractivity contribution in [2.75, 3.05) is 5.73 Å². The summed E-state index contributed by atoms with van der Waals surface area (Å²) >= 11 is 3.53. The molecule has 0 bridgehead atoms. The molecule has 0 fully saturated rings. The van der Waals surface area contributed by atoms with Crippen LogP contribution in [0.2, 0.25) is 0 Å². The highest BCUT2D eigenvalue weighted by atomic mass is 79.9. The molecule has 2 aromatic carbocycles. The van der Waals surface area contributed by atoms with Crippen molar-refractivity contribution in [2.24, 2.45) is 0 Å². The molecule has 3 nitrogen and oxygen atoms in total. The minimum Gasteiger partial charge on any atom is -0.399 e. The molecule has 0 saturated carbocycles. The SMILES string of the molecule is Nc1cccc(-c2ncc(-c3ccccc3Br)cn2)c1. The smallest absolute Gasteiger partial charge is 0.159 e. The summed E-state index contributed by atoms with van der Waals surface area (Å²) in [7, 11) is 0. The highest BCUT2D eigenvalue weighted by molar-refractivity contribution is 9.10. The van der Waals surface area contributed by atoms with Gasteiger partial charge in [0.15, 0.2) is 5.82 Å². The van der Waals surface area contributed by atoms with Crippen molar-refractivity contribution in [3.8, 4) is 22.5 Å². The highest BCUT2D eigenvalue weighted by Crippen LogP contribution is 2.27. The Morgan fingerprint density at radius 3 is 2.30 bits per heavy atom. The predicted octanol–water partition coefficient (Wildman–Crippen LogP) is 4.16. The number of hydrogen-bond acceptors (Lipinski definition) is 3. The number of hydrogen-bond donors (Lipinski definition) is 1. The first kappa shape index (κ1) is 12.8. The normalized spacial score (nSPS) is 10.4. The van der Waals surface area contributed by atoms with Gasteiger partial charge in [-0.25, -0.2) is 9.97 Å². The van der Waals surface area contributed by atoms with Gasteiger partial charge in [-0.1, -0.05) is 46.3 Å². The van der Waals surface area contributed by atoms with Crippen LogP contribution in [0.5, 0.6) is 0 Å². The zero-order valence-corrected chi connectivity index (χ0v) is 12.2. The summed E-state index contributed by atoms with van der Waals surface area (Å²) in [6.07, 6.45) is 3.65. The van der Waals surface area contributed by atoms with E-state index in [1.807, 2.05) is 60.9 Å². The molecule has 3 rings (SSSR count). The standard InChI is InChI=1S/C16H12BrN3/c17-15-7-2-1-6-14(15)12-9-19-16(20-10-12)11-4-3-5-13(18)8-11/h1-10H,18H2. The molecule has 0 aliphatic carbocycles. The van der Waals surface area contributed by atoms with Gasteiger partial charge in [0.25, 0.3) is 0 Å². The van der Waals surface area contributed by atoms with Gasteiger partial charge in [0.05, 0.1) is 0 Å². The van der Waals surface area contributed by atoms with Crippen LogP contribution in [-0.2, 0) is 0 Å². The van der Waals surface area contributed by atoms with Gasteiger partial charge in [0.2, 0.25) is 0 Å². The molecular weight excluding hydrogens is 314 g/mol. The Morgan fingerprint density at radius 1 is 0.850 bits per heavy atom. The summed E-state index contributed by atoms with van der Waals surface area (Å²) in [6, 6.07) is 15.6. The van der Waals surface area contributed by atoms with E-state index in [4.69, 9.17) is 5.73 Å². The van der Waals surface area contributed by atoms with E-state index in [0.29, 0.717) is 11.5 Å². The molecule has 0 spiro atoms. The molecule has 0 radical (unpaired) electrons. The monoisotopic (exact) mass is 325 g/mol. The Morgan fingerprint density at radius 2 is 1.60 bits per heavy atom. The molecular formula is C16H12BrN3. The molecule has 0 unspecified atom stereocenters. The molecule has 0 aliphatic rings. The third-order valence-electron chi connectivity index (χ3n) is 2.98. The van der Waals surface area contributed by atoms with Crippen LogP contribution >= 0.6 is 15.9 Å². The molecule has 0 saturated heterocycles. The van der Waals surface area contributed by atoms with Crippen LogP contribution in [0.25, 0.3) is 22.5 Å². The molecule has 1 aromatic heterocycles. The van der Waals surface area contributed by atoms with E-state index in [1.54, 1.807) is 0 Å². The first-order valence-electron chi connectivity index (χ1n) is 6.17. The van der Waals surface area contributed by atoms with Crippen molar-refractivity contribution in [3.05, 3.63) is 65.4 Å². The fourth-order valence-corrected chi connectivity index (χ4v) is 2.50. The van der Waals surface area contributed by atoms with Crippen LogP contribution < -0.4 is 5.73 Å². The number of nitrogens with zero attached hydrogens (tertiary/aromatic N) is 2. The Kier molecular flexibility index (Phi) is 3.48. The van der Waals surface area contributed by atoms with Crippen LogP contribution in [0.15, 0.2) is 65.4 Å². The lowest BCUT2D eigenvalue weighted by molar-refractivity contribution is 1.18. The van der Waals surface area contributed by atoms with E-state index in [-0.39, 0.29) is 0 Å². The van der Waals surface area contributed by atoms with Crippen LogP contribution in [0, 0.1) is 0 Å². The number of aromatic nitrogens is 2. The summed E-state index contributed by atoms with van der Waals surface area (Å²) in [5, 5.41) is 0. The Hall–Kier alpha value is -2.20. The predicted molar refractivity (Wildman–Crippen MR) is 85.0 cm³/mol. The summed E-state index contributed by atoms with van der Waals surface area (Å²) in [5.41, 5.74) is 9.46. The van der Waals surface area contributed by atoms with Gasteiger partial charge in [-0.2, -0.15) is 0 Å². The molecule has 2 N–H and O–H groups in total. The number of anilines is 1. The minimum absolute atomic E-state index is 0.674. The maximum atomic E-state index is 5.78. The third kappa shape index (κ3) is 2.56. The second-order valence-corrected chi connectivity index (χ2v) is 5.25. The minimum atomic E-state index is 0.674. The first-order valence-corrected chi connectivity index (χ1v) is 6.96. The molecule has 0 atom stereocenters. The summed E-state index contributed by atoms with van der Waals surface area (Å²) in [5.74, 6) is 0.674. The second-order valence-electron chi connectivity index (χ2n) is 4.40.